The Morgan fingerprint density at radius 3 is 2.12 bits per heavy atom. The molecule has 5 rings (SSSR count). The molecule has 0 saturated carbocycles. The number of rotatable bonds is 7. The van der Waals surface area contributed by atoms with Gasteiger partial charge in [0.15, 0.2) is 11.6 Å². The molecule has 3 aromatic carbocycles. The molecule has 1 amide bonds. The van der Waals surface area contributed by atoms with Crippen molar-refractivity contribution in [2.75, 3.05) is 5.73 Å². The van der Waals surface area contributed by atoms with Crippen molar-refractivity contribution in [2.45, 2.75) is 72.4 Å². The van der Waals surface area contributed by atoms with Gasteiger partial charge in [-0.05, 0) is 93.6 Å². The van der Waals surface area contributed by atoms with Crippen LogP contribution in [0.25, 0.3) is 22.0 Å². The number of nitrogens with two attached hydrogens (primary N) is 1. The van der Waals surface area contributed by atoms with E-state index < -0.39 is 31.4 Å². The van der Waals surface area contributed by atoms with Gasteiger partial charge in [0.25, 0.3) is 5.91 Å². The van der Waals surface area contributed by atoms with Crippen molar-refractivity contribution in [3.05, 3.63) is 88.6 Å². The maximum atomic E-state index is 14.6. The van der Waals surface area contributed by atoms with Crippen LogP contribution >= 0.6 is 8.60 Å². The topological polar surface area (TPSA) is 99.8 Å². The highest BCUT2D eigenvalue weighted by molar-refractivity contribution is 7.41. The Kier molecular flexibility index (Phi) is 8.51. The summed E-state index contributed by atoms with van der Waals surface area (Å²) in [6.45, 7) is 12.1. The van der Waals surface area contributed by atoms with Crippen molar-refractivity contribution in [1.29, 1.82) is 0 Å². The maximum Gasteiger partial charge on any atom is 0.334 e. The number of anilines is 1. The van der Waals surface area contributed by atoms with E-state index in [1.54, 1.807) is 23.1 Å². The third kappa shape index (κ3) is 7.33. The number of aromatic nitrogens is 2. The molecule has 4 aromatic rings. The molecule has 43 heavy (non-hydrogen) atoms. The predicted octanol–water partition coefficient (Wildman–Crippen LogP) is 7.69. The van der Waals surface area contributed by atoms with Crippen LogP contribution < -0.4 is 5.73 Å². The average molecular weight is 609 g/mol. The van der Waals surface area contributed by atoms with Gasteiger partial charge in [-0.15, -0.1) is 0 Å². The average Bonchev–Trinajstić information content (AvgIpc) is 3.35. The molecule has 0 unspecified atom stereocenters. The molecule has 2 N–H and O–H groups in total. The Morgan fingerprint density at radius 1 is 0.907 bits per heavy atom. The first kappa shape index (κ1) is 30.9. The Balaban J connectivity index is 1.51. The lowest BCUT2D eigenvalue weighted by Crippen LogP contribution is -2.27. The molecule has 0 saturated heterocycles. The second kappa shape index (κ2) is 11.8. The van der Waals surface area contributed by atoms with Crippen LogP contribution in [-0.2, 0) is 33.3 Å². The van der Waals surface area contributed by atoms with E-state index in [9.17, 15) is 13.6 Å². The Morgan fingerprint density at radius 2 is 1.51 bits per heavy atom. The number of hydrogen-bond acceptors (Lipinski definition) is 7. The zero-order valence-electron chi connectivity index (χ0n) is 25.1. The van der Waals surface area contributed by atoms with Gasteiger partial charge in [0.1, 0.15) is 5.69 Å². The second-order valence-electron chi connectivity index (χ2n) is 12.4. The first-order valence-corrected chi connectivity index (χ1v) is 15.0. The van der Waals surface area contributed by atoms with Crippen LogP contribution in [0.4, 0.5) is 14.7 Å². The van der Waals surface area contributed by atoms with E-state index in [0.29, 0.717) is 40.7 Å². The van der Waals surface area contributed by atoms with Gasteiger partial charge < -0.3 is 24.2 Å². The zero-order valence-corrected chi connectivity index (χ0v) is 26.0. The fourth-order valence-electron chi connectivity index (χ4n) is 4.72. The highest BCUT2D eigenvalue weighted by atomic mass is 31.2. The minimum atomic E-state index is -1.83. The van der Waals surface area contributed by atoms with Crippen molar-refractivity contribution in [3.63, 3.8) is 0 Å². The molecule has 0 atom stereocenters. The lowest BCUT2D eigenvalue weighted by molar-refractivity contribution is 0.0306. The van der Waals surface area contributed by atoms with Gasteiger partial charge >= 0.3 is 8.60 Å². The van der Waals surface area contributed by atoms with Gasteiger partial charge in [0.05, 0.1) is 23.3 Å². The number of hydrogen-bond donors (Lipinski definition) is 1. The summed E-state index contributed by atoms with van der Waals surface area (Å²) in [7, 11) is -1.83. The summed E-state index contributed by atoms with van der Waals surface area (Å²) in [6.07, 6.45) is 0. The number of nitrogen functional groups attached to an aromatic ring is 1. The third-order valence-electron chi connectivity index (χ3n) is 6.52. The van der Waals surface area contributed by atoms with Crippen molar-refractivity contribution in [2.24, 2.45) is 0 Å². The largest absolute Gasteiger partial charge is 0.368 e. The lowest BCUT2D eigenvalue weighted by atomic mass is 9.97. The smallest absolute Gasteiger partial charge is 0.334 e. The standard InChI is InChI=1S/C32H35F2N4O4P/c1-31(2,3)41-43(42-32(4,5)6)40-18-22-14-25(33)26(34)15-23(22)19-11-12-27-24(13-19)28(37-30(35)36-27)29(39)38-16-20-9-7-8-10-21(20)17-38/h7-15H,16-18H2,1-6H3,(H2,35,36,37). The van der Waals surface area contributed by atoms with E-state index in [0.717, 1.165) is 23.3 Å². The summed E-state index contributed by atoms with van der Waals surface area (Å²) in [6, 6.07) is 15.2. The molecule has 8 nitrogen and oxygen atoms in total. The van der Waals surface area contributed by atoms with Crippen LogP contribution in [0.5, 0.6) is 0 Å². The van der Waals surface area contributed by atoms with E-state index >= 15 is 0 Å². The summed E-state index contributed by atoms with van der Waals surface area (Å²) in [4.78, 5) is 24.0. The van der Waals surface area contributed by atoms with E-state index in [2.05, 4.69) is 9.97 Å². The van der Waals surface area contributed by atoms with Crippen LogP contribution in [0.2, 0.25) is 0 Å². The molecular formula is C32H35F2N4O4P. The SMILES string of the molecule is CC(C)(C)OP(OCc1cc(F)c(F)cc1-c1ccc2nc(N)nc(C(=O)N3Cc4ccccc4C3)c2c1)OC(C)(C)C. The highest BCUT2D eigenvalue weighted by Gasteiger charge is 2.29. The van der Waals surface area contributed by atoms with Crippen molar-refractivity contribution in [3.8, 4) is 11.1 Å². The molecule has 1 aliphatic heterocycles. The molecular weight excluding hydrogens is 573 g/mol. The van der Waals surface area contributed by atoms with Crippen molar-refractivity contribution in [1.82, 2.24) is 14.9 Å². The fraction of sp³-hybridized carbons (Fsp3) is 0.344. The monoisotopic (exact) mass is 608 g/mol. The third-order valence-corrected chi connectivity index (χ3v) is 8.26. The zero-order chi connectivity index (χ0) is 31.1. The van der Waals surface area contributed by atoms with E-state index in [1.807, 2.05) is 65.8 Å². The number of carbonyl (C=O) groups excluding carboxylic acids is 1. The summed E-state index contributed by atoms with van der Waals surface area (Å²) in [5, 5.41) is 0.443. The lowest BCUT2D eigenvalue weighted by Gasteiger charge is -2.30. The van der Waals surface area contributed by atoms with Gasteiger partial charge in [-0.3, -0.25) is 4.79 Å². The first-order valence-electron chi connectivity index (χ1n) is 13.9. The molecule has 1 aliphatic rings. The number of benzene rings is 3. The predicted molar refractivity (Wildman–Crippen MR) is 163 cm³/mol. The Hall–Kier alpha value is -3.56. The first-order chi connectivity index (χ1) is 20.2. The summed E-state index contributed by atoms with van der Waals surface area (Å²) < 4.78 is 47.2. The molecule has 0 fully saturated rings. The van der Waals surface area contributed by atoms with Gasteiger partial charge in [0, 0.05) is 18.5 Å². The molecule has 0 aliphatic carbocycles. The van der Waals surface area contributed by atoms with Gasteiger partial charge in [-0.2, -0.15) is 0 Å². The van der Waals surface area contributed by atoms with Crippen molar-refractivity contribution >= 4 is 31.4 Å². The Bertz CT molecular complexity index is 1650. The highest BCUT2D eigenvalue weighted by Crippen LogP contribution is 2.48. The normalized spacial score (nSPS) is 13.7. The number of amides is 1. The second-order valence-corrected chi connectivity index (χ2v) is 13.5. The molecule has 0 bridgehead atoms. The van der Waals surface area contributed by atoms with Gasteiger partial charge in [-0.25, -0.2) is 18.7 Å². The Labute approximate surface area is 251 Å². The van der Waals surface area contributed by atoms with E-state index in [1.165, 1.54) is 0 Å². The minimum Gasteiger partial charge on any atom is -0.368 e. The number of carbonyl (C=O) groups is 1. The molecule has 2 heterocycles. The summed E-state index contributed by atoms with van der Waals surface area (Å²) in [5.41, 5.74) is 8.88. The van der Waals surface area contributed by atoms with Crippen LogP contribution in [-0.4, -0.2) is 32.0 Å². The summed E-state index contributed by atoms with van der Waals surface area (Å²) >= 11 is 0. The maximum absolute atomic E-state index is 14.6. The molecule has 11 heteroatoms. The van der Waals surface area contributed by atoms with Crippen LogP contribution in [0, 0.1) is 11.6 Å². The van der Waals surface area contributed by atoms with Gasteiger partial charge in [0.2, 0.25) is 5.95 Å². The molecule has 1 aromatic heterocycles. The molecule has 226 valence electrons. The fourth-order valence-corrected chi connectivity index (χ4v) is 6.00. The minimum absolute atomic E-state index is 0.0340. The number of halogens is 2. The molecule has 0 radical (unpaired) electrons. The number of nitrogens with zero attached hydrogens (tertiary/aromatic N) is 3. The number of fused-ring (bicyclic) bond motifs is 2. The summed E-state index contributed by atoms with van der Waals surface area (Å²) in [5.74, 6) is -2.36. The van der Waals surface area contributed by atoms with Gasteiger partial charge in [-0.1, -0.05) is 30.3 Å². The van der Waals surface area contributed by atoms with Crippen LogP contribution in [0.1, 0.15) is 68.7 Å². The van der Waals surface area contributed by atoms with Crippen LogP contribution in [0.3, 0.4) is 0 Å². The van der Waals surface area contributed by atoms with E-state index in [4.69, 9.17) is 19.3 Å². The molecule has 0 spiro atoms. The van der Waals surface area contributed by atoms with Crippen molar-refractivity contribution < 1.29 is 27.1 Å². The van der Waals surface area contributed by atoms with Crippen LogP contribution in [0.15, 0.2) is 54.6 Å². The quantitative estimate of drug-likeness (QED) is 0.215. The van der Waals surface area contributed by atoms with E-state index in [-0.39, 0.29) is 24.2 Å².